The van der Waals surface area contributed by atoms with E-state index in [4.69, 9.17) is 11.6 Å². The first-order valence-corrected chi connectivity index (χ1v) is 6.03. The van der Waals surface area contributed by atoms with E-state index in [2.05, 4.69) is 10.7 Å². The lowest BCUT2D eigenvalue weighted by Crippen LogP contribution is -2.46. The van der Waals surface area contributed by atoms with Crippen molar-refractivity contribution in [3.63, 3.8) is 0 Å². The molecule has 0 saturated carbocycles. The SMILES string of the molecule is CC(C)(CC(N)=O)NC(=O)c1cccc(NN)c1[N+](=O)[O-]. The van der Waals surface area contributed by atoms with Crippen LogP contribution in [0, 0.1) is 10.1 Å². The second kappa shape index (κ2) is 6.18. The molecular formula is C12H17N5O4. The number of nitrogens with one attached hydrogen (secondary N) is 2. The van der Waals surface area contributed by atoms with Crippen LogP contribution in [0.3, 0.4) is 0 Å². The number of carbonyl (C=O) groups is 2. The Morgan fingerprint density at radius 2 is 2.00 bits per heavy atom. The lowest BCUT2D eigenvalue weighted by Gasteiger charge is -2.24. The van der Waals surface area contributed by atoms with Gasteiger partial charge >= 0.3 is 5.69 Å². The largest absolute Gasteiger partial charge is 0.370 e. The molecule has 0 aromatic heterocycles. The molecule has 21 heavy (non-hydrogen) atoms. The fraction of sp³-hybridized carbons (Fsp3) is 0.333. The van der Waals surface area contributed by atoms with Gasteiger partial charge < -0.3 is 16.5 Å². The molecular weight excluding hydrogens is 278 g/mol. The Bertz CT molecular complexity index is 585. The standard InChI is InChI=1S/C12H17N5O4/c1-12(2,6-9(13)18)15-11(19)7-4-3-5-8(16-14)10(7)17(20)21/h3-5,16H,6,14H2,1-2H3,(H2,13,18)(H,15,19). The van der Waals surface area contributed by atoms with Crippen LogP contribution < -0.4 is 22.3 Å². The van der Waals surface area contributed by atoms with Gasteiger partial charge in [0.25, 0.3) is 5.91 Å². The van der Waals surface area contributed by atoms with Crippen LogP contribution in [-0.4, -0.2) is 22.3 Å². The first-order chi connectivity index (χ1) is 9.68. The maximum atomic E-state index is 12.2. The zero-order valence-corrected chi connectivity index (χ0v) is 11.7. The summed E-state index contributed by atoms with van der Waals surface area (Å²) < 4.78 is 0. The highest BCUT2D eigenvalue weighted by Gasteiger charge is 2.29. The average molecular weight is 295 g/mol. The van der Waals surface area contributed by atoms with E-state index in [1.54, 1.807) is 13.8 Å². The minimum Gasteiger partial charge on any atom is -0.370 e. The van der Waals surface area contributed by atoms with Crippen LogP contribution in [0.15, 0.2) is 18.2 Å². The Hall–Kier alpha value is -2.68. The van der Waals surface area contributed by atoms with Crippen LogP contribution in [0.5, 0.6) is 0 Å². The van der Waals surface area contributed by atoms with Crippen molar-refractivity contribution in [2.45, 2.75) is 25.8 Å². The van der Waals surface area contributed by atoms with Crippen LogP contribution in [0.4, 0.5) is 11.4 Å². The molecule has 0 bridgehead atoms. The number of nitro groups is 1. The molecule has 1 aromatic carbocycles. The van der Waals surface area contributed by atoms with Gasteiger partial charge in [-0.2, -0.15) is 0 Å². The summed E-state index contributed by atoms with van der Waals surface area (Å²) in [6, 6.07) is 4.14. The van der Waals surface area contributed by atoms with E-state index in [1.165, 1.54) is 18.2 Å². The van der Waals surface area contributed by atoms with Crippen molar-refractivity contribution in [2.24, 2.45) is 11.6 Å². The predicted octanol–water partition coefficient (Wildman–Crippen LogP) is 0.264. The molecule has 0 spiro atoms. The summed E-state index contributed by atoms with van der Waals surface area (Å²) in [4.78, 5) is 33.5. The molecule has 9 nitrogen and oxygen atoms in total. The number of nitro benzene ring substituents is 1. The fourth-order valence-corrected chi connectivity index (χ4v) is 1.89. The number of carbonyl (C=O) groups excluding carboxylic acids is 2. The third kappa shape index (κ3) is 4.14. The monoisotopic (exact) mass is 295 g/mol. The van der Waals surface area contributed by atoms with E-state index in [9.17, 15) is 19.7 Å². The highest BCUT2D eigenvalue weighted by atomic mass is 16.6. The number of para-hydroxylation sites is 1. The number of hydrogen-bond donors (Lipinski definition) is 4. The van der Waals surface area contributed by atoms with Gasteiger partial charge in [-0.3, -0.25) is 25.5 Å². The Balaban J connectivity index is 3.14. The Kier molecular flexibility index (Phi) is 4.82. The predicted molar refractivity (Wildman–Crippen MR) is 76.3 cm³/mol. The van der Waals surface area contributed by atoms with E-state index in [0.29, 0.717) is 0 Å². The van der Waals surface area contributed by atoms with Gasteiger partial charge in [0.15, 0.2) is 0 Å². The molecule has 0 saturated heterocycles. The van der Waals surface area contributed by atoms with Gasteiger partial charge in [0.2, 0.25) is 5.91 Å². The molecule has 0 aliphatic rings. The number of primary amides is 1. The summed E-state index contributed by atoms with van der Waals surface area (Å²) >= 11 is 0. The molecule has 0 radical (unpaired) electrons. The van der Waals surface area contributed by atoms with Gasteiger partial charge in [-0.1, -0.05) is 6.07 Å². The second-order valence-electron chi connectivity index (χ2n) is 5.08. The van der Waals surface area contributed by atoms with E-state index < -0.39 is 28.0 Å². The number of rotatable bonds is 6. The summed E-state index contributed by atoms with van der Waals surface area (Å²) in [5.74, 6) is 3.92. The number of nitrogens with two attached hydrogens (primary N) is 2. The molecule has 0 heterocycles. The molecule has 1 rings (SSSR count). The molecule has 0 aliphatic carbocycles. The van der Waals surface area contributed by atoms with Gasteiger partial charge in [-0.25, -0.2) is 0 Å². The van der Waals surface area contributed by atoms with Crippen molar-refractivity contribution >= 4 is 23.2 Å². The lowest BCUT2D eigenvalue weighted by molar-refractivity contribution is -0.384. The molecule has 9 heteroatoms. The summed E-state index contributed by atoms with van der Waals surface area (Å²) in [6.07, 6.45) is -0.0959. The molecule has 0 fully saturated rings. The fourth-order valence-electron chi connectivity index (χ4n) is 1.89. The van der Waals surface area contributed by atoms with Crippen LogP contribution in [0.25, 0.3) is 0 Å². The van der Waals surface area contributed by atoms with Gasteiger partial charge in [0.1, 0.15) is 11.3 Å². The highest BCUT2D eigenvalue weighted by Crippen LogP contribution is 2.28. The van der Waals surface area contributed by atoms with Gasteiger partial charge in [-0.05, 0) is 26.0 Å². The molecule has 1 aromatic rings. The minimum absolute atomic E-state index is 0.0142. The Morgan fingerprint density at radius 1 is 1.38 bits per heavy atom. The van der Waals surface area contributed by atoms with E-state index in [1.807, 2.05) is 0 Å². The molecule has 0 atom stereocenters. The van der Waals surface area contributed by atoms with Crippen LogP contribution >= 0.6 is 0 Å². The number of hydrazine groups is 1. The van der Waals surface area contributed by atoms with Gasteiger partial charge in [0.05, 0.1) is 4.92 Å². The Labute approximate surface area is 120 Å². The van der Waals surface area contributed by atoms with Crippen molar-refractivity contribution in [3.05, 3.63) is 33.9 Å². The topological polar surface area (TPSA) is 153 Å². The molecule has 0 unspecified atom stereocenters. The van der Waals surface area contributed by atoms with Crippen molar-refractivity contribution in [1.29, 1.82) is 0 Å². The maximum absolute atomic E-state index is 12.2. The van der Waals surface area contributed by atoms with E-state index in [0.717, 1.165) is 0 Å². The quantitative estimate of drug-likeness (QED) is 0.335. The number of nitrogen functional groups attached to an aromatic ring is 1. The van der Waals surface area contributed by atoms with E-state index >= 15 is 0 Å². The van der Waals surface area contributed by atoms with Crippen LogP contribution in [0.1, 0.15) is 30.6 Å². The van der Waals surface area contributed by atoms with Crippen molar-refractivity contribution < 1.29 is 14.5 Å². The second-order valence-corrected chi connectivity index (χ2v) is 5.08. The lowest BCUT2D eigenvalue weighted by atomic mass is 9.99. The first-order valence-electron chi connectivity index (χ1n) is 6.03. The van der Waals surface area contributed by atoms with Crippen molar-refractivity contribution in [1.82, 2.24) is 5.32 Å². The summed E-state index contributed by atoms with van der Waals surface area (Å²) in [5.41, 5.74) is 5.75. The van der Waals surface area contributed by atoms with E-state index in [-0.39, 0.29) is 17.7 Å². The number of amides is 2. The Morgan fingerprint density at radius 3 is 2.48 bits per heavy atom. The summed E-state index contributed by atoms with van der Waals surface area (Å²) in [5, 5.41) is 13.6. The molecule has 2 amide bonds. The van der Waals surface area contributed by atoms with Gasteiger partial charge in [-0.15, -0.1) is 0 Å². The van der Waals surface area contributed by atoms with Crippen LogP contribution in [0.2, 0.25) is 0 Å². The maximum Gasteiger partial charge on any atom is 0.306 e. The zero-order valence-electron chi connectivity index (χ0n) is 11.7. The smallest absolute Gasteiger partial charge is 0.306 e. The number of benzene rings is 1. The minimum atomic E-state index is -0.928. The van der Waals surface area contributed by atoms with Gasteiger partial charge in [0, 0.05) is 12.0 Å². The molecule has 6 N–H and O–H groups in total. The van der Waals surface area contributed by atoms with Crippen molar-refractivity contribution in [2.75, 3.05) is 5.43 Å². The first kappa shape index (κ1) is 16.4. The zero-order chi connectivity index (χ0) is 16.2. The molecule has 0 aliphatic heterocycles. The van der Waals surface area contributed by atoms with Crippen LogP contribution in [-0.2, 0) is 4.79 Å². The molecule has 114 valence electrons. The average Bonchev–Trinajstić information content (AvgIpc) is 2.35. The number of anilines is 1. The normalized spacial score (nSPS) is 10.8. The van der Waals surface area contributed by atoms with Crippen molar-refractivity contribution in [3.8, 4) is 0 Å². The third-order valence-electron chi connectivity index (χ3n) is 2.69. The number of hydrogen-bond acceptors (Lipinski definition) is 6. The summed E-state index contributed by atoms with van der Waals surface area (Å²) in [6.45, 7) is 3.18. The highest BCUT2D eigenvalue weighted by molar-refractivity contribution is 6.01. The number of nitrogens with zero attached hydrogens (tertiary/aromatic N) is 1. The third-order valence-corrected chi connectivity index (χ3v) is 2.69. The summed E-state index contributed by atoms with van der Waals surface area (Å²) in [7, 11) is 0.